The van der Waals surface area contributed by atoms with E-state index in [4.69, 9.17) is 0 Å². The summed E-state index contributed by atoms with van der Waals surface area (Å²) < 4.78 is 2.04. The van der Waals surface area contributed by atoms with Crippen molar-refractivity contribution in [2.75, 3.05) is 12.3 Å². The van der Waals surface area contributed by atoms with E-state index in [0.29, 0.717) is 0 Å². The predicted molar refractivity (Wildman–Crippen MR) is 80.7 cm³/mol. The molecule has 2 aromatic heterocycles. The van der Waals surface area contributed by atoms with E-state index in [1.54, 1.807) is 11.8 Å². The summed E-state index contributed by atoms with van der Waals surface area (Å²) in [7, 11) is 0. The highest BCUT2D eigenvalue weighted by atomic mass is 32.2. The first-order valence-electron chi connectivity index (χ1n) is 6.74. The molecule has 0 bridgehead atoms. The molecule has 5 heteroatoms. The van der Waals surface area contributed by atoms with Crippen molar-refractivity contribution in [1.29, 1.82) is 0 Å². The molecule has 0 radical (unpaired) electrons. The number of nitrogens with zero attached hydrogens (tertiary/aromatic N) is 3. The van der Waals surface area contributed by atoms with E-state index >= 15 is 0 Å². The standard InChI is InChI=1S/C14H22N4S/c1-14(2,3)15-9-5-7-11-19-13-17-16-12-8-4-6-10-18(12)13/h4,6,8,10,15H,5,7,9,11H2,1-3H3. The van der Waals surface area contributed by atoms with Crippen LogP contribution in [0.2, 0.25) is 0 Å². The van der Waals surface area contributed by atoms with Gasteiger partial charge in [0.25, 0.3) is 0 Å². The number of aromatic nitrogens is 3. The third kappa shape index (κ3) is 4.51. The van der Waals surface area contributed by atoms with Gasteiger partial charge in [-0.05, 0) is 52.3 Å². The first kappa shape index (κ1) is 14.3. The zero-order chi connectivity index (χ0) is 13.7. The van der Waals surface area contributed by atoms with Crippen LogP contribution in [0.15, 0.2) is 29.6 Å². The Labute approximate surface area is 119 Å². The van der Waals surface area contributed by atoms with Crippen molar-refractivity contribution >= 4 is 17.4 Å². The minimum absolute atomic E-state index is 0.219. The Bertz CT molecular complexity index is 515. The average Bonchev–Trinajstić information content (AvgIpc) is 2.76. The summed E-state index contributed by atoms with van der Waals surface area (Å²) in [6.07, 6.45) is 4.40. The SMILES string of the molecule is CC(C)(C)NCCCCSc1nnc2ccccn12. The van der Waals surface area contributed by atoms with Crippen LogP contribution in [0.1, 0.15) is 33.6 Å². The van der Waals surface area contributed by atoms with Crippen molar-refractivity contribution in [3.05, 3.63) is 24.4 Å². The second-order valence-corrected chi connectivity index (χ2v) is 6.71. The largest absolute Gasteiger partial charge is 0.312 e. The highest BCUT2D eigenvalue weighted by molar-refractivity contribution is 7.99. The van der Waals surface area contributed by atoms with Crippen molar-refractivity contribution in [2.45, 2.75) is 44.3 Å². The molecule has 0 aliphatic rings. The number of pyridine rings is 1. The molecule has 0 saturated carbocycles. The molecular formula is C14H22N4S. The fraction of sp³-hybridized carbons (Fsp3) is 0.571. The molecule has 0 aliphatic heterocycles. The van der Waals surface area contributed by atoms with Crippen molar-refractivity contribution in [1.82, 2.24) is 19.9 Å². The molecule has 1 N–H and O–H groups in total. The number of thioether (sulfide) groups is 1. The molecule has 0 amide bonds. The van der Waals surface area contributed by atoms with Gasteiger partial charge in [-0.2, -0.15) is 0 Å². The highest BCUT2D eigenvalue weighted by Crippen LogP contribution is 2.17. The topological polar surface area (TPSA) is 42.2 Å². The van der Waals surface area contributed by atoms with Crippen LogP contribution in [0.4, 0.5) is 0 Å². The zero-order valence-corrected chi connectivity index (χ0v) is 12.7. The molecule has 4 nitrogen and oxygen atoms in total. The van der Waals surface area contributed by atoms with Crippen molar-refractivity contribution in [2.24, 2.45) is 0 Å². The predicted octanol–water partition coefficient (Wildman–Crippen LogP) is 2.99. The maximum Gasteiger partial charge on any atom is 0.195 e. The van der Waals surface area contributed by atoms with Crippen LogP contribution in [0.5, 0.6) is 0 Å². The Morgan fingerprint density at radius 3 is 2.84 bits per heavy atom. The number of rotatable bonds is 6. The molecule has 0 spiro atoms. The lowest BCUT2D eigenvalue weighted by Crippen LogP contribution is -2.36. The van der Waals surface area contributed by atoms with Gasteiger partial charge in [-0.1, -0.05) is 17.8 Å². The monoisotopic (exact) mass is 278 g/mol. The van der Waals surface area contributed by atoms with Gasteiger partial charge in [0.1, 0.15) is 0 Å². The van der Waals surface area contributed by atoms with Crippen LogP contribution in [0.3, 0.4) is 0 Å². The quantitative estimate of drug-likeness (QED) is 0.651. The van der Waals surface area contributed by atoms with Gasteiger partial charge in [0.05, 0.1) is 0 Å². The van der Waals surface area contributed by atoms with Gasteiger partial charge < -0.3 is 5.32 Å². The van der Waals surface area contributed by atoms with E-state index in [9.17, 15) is 0 Å². The maximum atomic E-state index is 4.21. The lowest BCUT2D eigenvalue weighted by atomic mass is 10.1. The average molecular weight is 278 g/mol. The Morgan fingerprint density at radius 1 is 1.21 bits per heavy atom. The second-order valence-electron chi connectivity index (χ2n) is 5.64. The molecule has 0 fully saturated rings. The summed E-state index contributed by atoms with van der Waals surface area (Å²) in [6.45, 7) is 7.67. The third-order valence-corrected chi connectivity index (χ3v) is 3.77. The summed E-state index contributed by atoms with van der Waals surface area (Å²) in [5.41, 5.74) is 1.13. The van der Waals surface area contributed by atoms with Gasteiger partial charge in [-0.3, -0.25) is 4.40 Å². The van der Waals surface area contributed by atoms with Crippen LogP contribution >= 0.6 is 11.8 Å². The number of hydrogen-bond acceptors (Lipinski definition) is 4. The highest BCUT2D eigenvalue weighted by Gasteiger charge is 2.07. The van der Waals surface area contributed by atoms with Crippen LogP contribution in [0, 0.1) is 0 Å². The summed E-state index contributed by atoms with van der Waals surface area (Å²) >= 11 is 1.78. The van der Waals surface area contributed by atoms with E-state index in [1.165, 1.54) is 12.8 Å². The molecule has 2 heterocycles. The second kappa shape index (κ2) is 6.39. The lowest BCUT2D eigenvalue weighted by Gasteiger charge is -2.20. The number of nitrogens with one attached hydrogen (secondary N) is 1. The minimum atomic E-state index is 0.219. The molecule has 0 unspecified atom stereocenters. The smallest absolute Gasteiger partial charge is 0.195 e. The Hall–Kier alpha value is -1.07. The van der Waals surface area contributed by atoms with E-state index in [1.807, 2.05) is 28.8 Å². The van der Waals surface area contributed by atoms with Gasteiger partial charge >= 0.3 is 0 Å². The number of unbranched alkanes of at least 4 members (excludes halogenated alkanes) is 1. The Morgan fingerprint density at radius 2 is 2.05 bits per heavy atom. The molecule has 19 heavy (non-hydrogen) atoms. The van der Waals surface area contributed by atoms with E-state index in [0.717, 1.165) is 23.1 Å². The molecule has 104 valence electrons. The molecule has 2 aromatic rings. The molecule has 2 rings (SSSR count). The molecule has 0 aromatic carbocycles. The van der Waals surface area contributed by atoms with Gasteiger partial charge in [-0.25, -0.2) is 0 Å². The van der Waals surface area contributed by atoms with E-state index in [2.05, 4.69) is 36.3 Å². The maximum absolute atomic E-state index is 4.21. The Balaban J connectivity index is 1.71. The lowest BCUT2D eigenvalue weighted by molar-refractivity contribution is 0.421. The van der Waals surface area contributed by atoms with Crippen LogP contribution in [-0.4, -0.2) is 32.4 Å². The zero-order valence-electron chi connectivity index (χ0n) is 11.9. The van der Waals surface area contributed by atoms with Crippen LogP contribution in [0.25, 0.3) is 5.65 Å². The summed E-state index contributed by atoms with van der Waals surface area (Å²) in [5, 5.41) is 12.8. The normalized spacial score (nSPS) is 12.2. The minimum Gasteiger partial charge on any atom is -0.312 e. The molecule has 0 atom stereocenters. The summed E-state index contributed by atoms with van der Waals surface area (Å²) in [5.74, 6) is 1.08. The fourth-order valence-corrected chi connectivity index (χ4v) is 2.69. The third-order valence-electron chi connectivity index (χ3n) is 2.74. The van der Waals surface area contributed by atoms with Crippen molar-refractivity contribution < 1.29 is 0 Å². The molecule has 0 aliphatic carbocycles. The molecule has 0 saturated heterocycles. The number of hydrogen-bond donors (Lipinski definition) is 1. The first-order chi connectivity index (χ1) is 9.06. The van der Waals surface area contributed by atoms with Crippen molar-refractivity contribution in [3.8, 4) is 0 Å². The molecular weight excluding hydrogens is 256 g/mol. The first-order valence-corrected chi connectivity index (χ1v) is 7.72. The van der Waals surface area contributed by atoms with Gasteiger partial charge in [0.2, 0.25) is 0 Å². The van der Waals surface area contributed by atoms with Crippen LogP contribution < -0.4 is 5.32 Å². The summed E-state index contributed by atoms with van der Waals surface area (Å²) in [4.78, 5) is 0. The van der Waals surface area contributed by atoms with Crippen LogP contribution in [-0.2, 0) is 0 Å². The van der Waals surface area contributed by atoms with E-state index in [-0.39, 0.29) is 5.54 Å². The number of fused-ring (bicyclic) bond motifs is 1. The fourth-order valence-electron chi connectivity index (χ4n) is 1.77. The van der Waals surface area contributed by atoms with Crippen molar-refractivity contribution in [3.63, 3.8) is 0 Å². The van der Waals surface area contributed by atoms with Gasteiger partial charge in [0.15, 0.2) is 10.8 Å². The van der Waals surface area contributed by atoms with Gasteiger partial charge in [0, 0.05) is 17.5 Å². The van der Waals surface area contributed by atoms with Gasteiger partial charge in [-0.15, -0.1) is 10.2 Å². The Kier molecular flexibility index (Phi) is 4.82. The summed E-state index contributed by atoms with van der Waals surface area (Å²) in [6, 6.07) is 5.97. The van der Waals surface area contributed by atoms with E-state index < -0.39 is 0 Å².